The number of hydrogen-bond acceptors (Lipinski definition) is 1. The van der Waals surface area contributed by atoms with E-state index in [2.05, 4.69) is 34.6 Å². The number of carbonyl (C=O) groups excluding carboxylic acids is 1. The molecule has 0 aromatic carbocycles. The second kappa shape index (κ2) is 3.58. The Labute approximate surface area is 100.0 Å². The molecule has 4 unspecified atom stereocenters. The first kappa shape index (κ1) is 12.1. The van der Waals surface area contributed by atoms with Crippen LogP contribution in [0.25, 0.3) is 0 Å². The summed E-state index contributed by atoms with van der Waals surface area (Å²) in [6.07, 6.45) is 4.66. The molecule has 0 bridgehead atoms. The van der Waals surface area contributed by atoms with Crippen LogP contribution in [0.5, 0.6) is 0 Å². The lowest BCUT2D eigenvalue weighted by Gasteiger charge is -2.50. The summed E-state index contributed by atoms with van der Waals surface area (Å²) >= 11 is 0. The maximum absolute atomic E-state index is 12.0. The van der Waals surface area contributed by atoms with E-state index in [1.807, 2.05) is 0 Å². The molecule has 0 amide bonds. The Hall–Kier alpha value is -0.330. The predicted molar refractivity (Wildman–Crippen MR) is 67.2 cm³/mol. The van der Waals surface area contributed by atoms with Crippen molar-refractivity contribution in [1.29, 1.82) is 0 Å². The average Bonchev–Trinajstić information content (AvgIpc) is 2.28. The summed E-state index contributed by atoms with van der Waals surface area (Å²) in [6, 6.07) is 0. The maximum atomic E-state index is 12.0. The molecular weight excluding hydrogens is 196 g/mol. The Kier molecular flexibility index (Phi) is 2.72. The van der Waals surface area contributed by atoms with E-state index in [-0.39, 0.29) is 0 Å². The smallest absolute Gasteiger partial charge is 0.136 e. The van der Waals surface area contributed by atoms with Gasteiger partial charge in [-0.05, 0) is 41.9 Å². The van der Waals surface area contributed by atoms with Crippen LogP contribution in [0.4, 0.5) is 0 Å². The second-order valence-corrected chi connectivity index (χ2v) is 7.38. The molecule has 2 aliphatic rings. The van der Waals surface area contributed by atoms with Crippen molar-refractivity contribution in [3.8, 4) is 0 Å². The first-order valence-corrected chi connectivity index (χ1v) is 6.79. The Morgan fingerprint density at radius 3 is 2.19 bits per heavy atom. The highest BCUT2D eigenvalue weighted by Crippen LogP contribution is 2.60. The quantitative estimate of drug-likeness (QED) is 0.604. The lowest BCUT2D eigenvalue weighted by Crippen LogP contribution is -2.42. The fourth-order valence-electron chi connectivity index (χ4n) is 4.83. The summed E-state index contributed by atoms with van der Waals surface area (Å²) in [5.74, 6) is 2.18. The SMILES string of the molecule is CC1CC(C)(C)CC2(C1)C(C)CC(=O)C2C. The topological polar surface area (TPSA) is 17.1 Å². The van der Waals surface area contributed by atoms with E-state index >= 15 is 0 Å². The van der Waals surface area contributed by atoms with Crippen LogP contribution in [0.1, 0.15) is 60.3 Å². The Bertz CT molecular complexity index is 305. The van der Waals surface area contributed by atoms with Gasteiger partial charge < -0.3 is 0 Å². The van der Waals surface area contributed by atoms with Gasteiger partial charge in [-0.15, -0.1) is 0 Å². The molecule has 0 saturated heterocycles. The van der Waals surface area contributed by atoms with Crippen LogP contribution in [0.3, 0.4) is 0 Å². The first-order chi connectivity index (χ1) is 7.27. The molecular formula is C15H26O. The van der Waals surface area contributed by atoms with Gasteiger partial charge in [0.25, 0.3) is 0 Å². The molecule has 1 spiro atoms. The van der Waals surface area contributed by atoms with Crippen LogP contribution < -0.4 is 0 Å². The molecule has 0 heterocycles. The minimum Gasteiger partial charge on any atom is -0.299 e. The number of hydrogen-bond donors (Lipinski definition) is 0. The molecule has 0 aromatic heterocycles. The zero-order valence-corrected chi connectivity index (χ0v) is 11.5. The minimum absolute atomic E-state index is 0.296. The van der Waals surface area contributed by atoms with Gasteiger partial charge in [-0.2, -0.15) is 0 Å². The van der Waals surface area contributed by atoms with Crippen molar-refractivity contribution in [1.82, 2.24) is 0 Å². The Morgan fingerprint density at radius 1 is 1.12 bits per heavy atom. The molecule has 92 valence electrons. The number of ketones is 1. The largest absolute Gasteiger partial charge is 0.299 e. The molecule has 4 atom stereocenters. The van der Waals surface area contributed by atoms with Crippen molar-refractivity contribution in [3.63, 3.8) is 0 Å². The molecule has 2 fully saturated rings. The summed E-state index contributed by atoms with van der Waals surface area (Å²) in [7, 11) is 0. The van der Waals surface area contributed by atoms with E-state index < -0.39 is 0 Å². The van der Waals surface area contributed by atoms with Gasteiger partial charge in [0.05, 0.1) is 0 Å². The van der Waals surface area contributed by atoms with Gasteiger partial charge in [0.2, 0.25) is 0 Å². The van der Waals surface area contributed by atoms with Gasteiger partial charge in [0, 0.05) is 12.3 Å². The summed E-state index contributed by atoms with van der Waals surface area (Å²) in [6.45, 7) is 11.6. The van der Waals surface area contributed by atoms with Crippen molar-refractivity contribution >= 4 is 5.78 Å². The van der Waals surface area contributed by atoms with E-state index in [1.165, 1.54) is 19.3 Å². The lowest BCUT2D eigenvalue weighted by atomic mass is 9.54. The minimum atomic E-state index is 0.296. The van der Waals surface area contributed by atoms with Crippen LogP contribution in [0, 0.1) is 28.6 Å². The number of rotatable bonds is 0. The maximum Gasteiger partial charge on any atom is 0.136 e. The first-order valence-electron chi connectivity index (χ1n) is 6.79. The number of Topliss-reactive ketones (excluding diaryl/α,β-unsaturated/α-hetero) is 1. The van der Waals surface area contributed by atoms with Crippen molar-refractivity contribution in [2.75, 3.05) is 0 Å². The van der Waals surface area contributed by atoms with Gasteiger partial charge in [0.1, 0.15) is 5.78 Å². The van der Waals surface area contributed by atoms with Crippen LogP contribution in [-0.4, -0.2) is 5.78 Å². The highest BCUT2D eigenvalue weighted by atomic mass is 16.1. The Morgan fingerprint density at radius 2 is 1.75 bits per heavy atom. The van der Waals surface area contributed by atoms with Crippen LogP contribution in [0.15, 0.2) is 0 Å². The predicted octanol–water partition coefficient (Wildman–Crippen LogP) is 4.06. The van der Waals surface area contributed by atoms with E-state index in [9.17, 15) is 4.79 Å². The van der Waals surface area contributed by atoms with Crippen LogP contribution in [-0.2, 0) is 4.79 Å². The molecule has 0 aliphatic heterocycles. The van der Waals surface area contributed by atoms with Gasteiger partial charge >= 0.3 is 0 Å². The van der Waals surface area contributed by atoms with Gasteiger partial charge in [-0.25, -0.2) is 0 Å². The zero-order valence-electron chi connectivity index (χ0n) is 11.5. The molecule has 16 heavy (non-hydrogen) atoms. The summed E-state index contributed by atoms with van der Waals surface area (Å²) in [5.41, 5.74) is 0.739. The second-order valence-electron chi connectivity index (χ2n) is 7.38. The summed E-state index contributed by atoms with van der Waals surface area (Å²) < 4.78 is 0. The van der Waals surface area contributed by atoms with Crippen molar-refractivity contribution < 1.29 is 4.79 Å². The third-order valence-corrected chi connectivity index (χ3v) is 5.27. The zero-order chi connectivity index (χ0) is 12.1. The molecule has 2 rings (SSSR count). The van der Waals surface area contributed by atoms with Crippen LogP contribution in [0.2, 0.25) is 0 Å². The van der Waals surface area contributed by atoms with E-state index in [0.29, 0.717) is 28.4 Å². The highest BCUT2D eigenvalue weighted by Gasteiger charge is 2.55. The van der Waals surface area contributed by atoms with Gasteiger partial charge in [-0.3, -0.25) is 4.79 Å². The summed E-state index contributed by atoms with van der Waals surface area (Å²) in [4.78, 5) is 12.0. The van der Waals surface area contributed by atoms with Gasteiger partial charge in [0.15, 0.2) is 0 Å². The Balaban J connectivity index is 2.33. The fraction of sp³-hybridized carbons (Fsp3) is 0.933. The van der Waals surface area contributed by atoms with Crippen molar-refractivity contribution in [2.24, 2.45) is 28.6 Å². The normalized spacial score (nSPS) is 47.6. The number of carbonyl (C=O) groups is 1. The molecule has 2 saturated carbocycles. The van der Waals surface area contributed by atoms with Crippen LogP contribution >= 0.6 is 0 Å². The molecule has 0 radical (unpaired) electrons. The molecule has 1 nitrogen and oxygen atoms in total. The van der Waals surface area contributed by atoms with E-state index in [1.54, 1.807) is 0 Å². The summed E-state index contributed by atoms with van der Waals surface area (Å²) in [5, 5.41) is 0. The van der Waals surface area contributed by atoms with E-state index in [0.717, 1.165) is 12.3 Å². The van der Waals surface area contributed by atoms with Crippen molar-refractivity contribution in [3.05, 3.63) is 0 Å². The molecule has 2 aliphatic carbocycles. The fourth-order valence-corrected chi connectivity index (χ4v) is 4.83. The highest BCUT2D eigenvalue weighted by molar-refractivity contribution is 5.84. The van der Waals surface area contributed by atoms with E-state index in [4.69, 9.17) is 0 Å². The van der Waals surface area contributed by atoms with Crippen molar-refractivity contribution in [2.45, 2.75) is 60.3 Å². The monoisotopic (exact) mass is 222 g/mol. The molecule has 0 aromatic rings. The standard InChI is InChI=1S/C15H26O/c1-10-7-14(4,5)9-15(8-10)11(2)6-13(16)12(15)3/h10-12H,6-9H2,1-5H3. The third kappa shape index (κ3) is 1.72. The lowest BCUT2D eigenvalue weighted by molar-refractivity contribution is -0.123. The molecule has 0 N–H and O–H groups in total. The third-order valence-electron chi connectivity index (χ3n) is 5.27. The molecule has 1 heteroatoms. The average molecular weight is 222 g/mol. The van der Waals surface area contributed by atoms with Gasteiger partial charge in [-0.1, -0.05) is 34.6 Å².